The highest BCUT2D eigenvalue weighted by Gasteiger charge is 2.20. The number of hydrazine groups is 1. The van der Waals surface area contributed by atoms with Gasteiger partial charge in [-0.15, -0.1) is 0 Å². The second kappa shape index (κ2) is 12.8. The lowest BCUT2D eigenvalue weighted by molar-refractivity contribution is 0.0792. The molecule has 0 bridgehead atoms. The number of hydrogen-bond donors (Lipinski definition) is 4. The van der Waals surface area contributed by atoms with E-state index in [1.807, 2.05) is 23.1 Å². The zero-order chi connectivity index (χ0) is 24.5. The molecule has 0 saturated carbocycles. The summed E-state index contributed by atoms with van der Waals surface area (Å²) >= 11 is 12.5. The van der Waals surface area contributed by atoms with Gasteiger partial charge in [0.1, 0.15) is 11.6 Å². The molecule has 8 nitrogen and oxygen atoms in total. The van der Waals surface area contributed by atoms with E-state index in [-0.39, 0.29) is 5.91 Å². The Balaban J connectivity index is 1.71. The highest BCUT2D eigenvalue weighted by molar-refractivity contribution is 6.33. The van der Waals surface area contributed by atoms with Crippen LogP contribution < -0.4 is 27.1 Å². The van der Waals surface area contributed by atoms with E-state index in [0.717, 1.165) is 31.5 Å². The summed E-state index contributed by atoms with van der Waals surface area (Å²) in [6.07, 6.45) is 4.00. The minimum absolute atomic E-state index is 0.0205. The number of likely N-dealkylation sites (tertiary alicyclic amines) is 1. The molecule has 1 amide bonds. The zero-order valence-electron chi connectivity index (χ0n) is 19.3. The first-order valence-corrected chi connectivity index (χ1v) is 12.0. The molecular weight excluding hydrogens is 475 g/mol. The van der Waals surface area contributed by atoms with Crippen LogP contribution in [0.4, 0.5) is 5.69 Å². The minimum Gasteiger partial charge on any atom is -0.495 e. The van der Waals surface area contributed by atoms with Gasteiger partial charge in [-0.1, -0.05) is 23.2 Å². The van der Waals surface area contributed by atoms with Crippen molar-refractivity contribution in [3.63, 3.8) is 0 Å². The van der Waals surface area contributed by atoms with E-state index < -0.39 is 0 Å². The fourth-order valence-electron chi connectivity index (χ4n) is 3.86. The van der Waals surface area contributed by atoms with E-state index in [9.17, 15) is 4.79 Å². The fraction of sp³-hybridized carbons (Fsp3) is 0.375. The Hall–Kier alpha value is -2.49. The largest absolute Gasteiger partial charge is 0.495 e. The van der Waals surface area contributed by atoms with Crippen LogP contribution in [0.15, 0.2) is 48.3 Å². The molecule has 10 heteroatoms. The van der Waals surface area contributed by atoms with Crippen molar-refractivity contribution in [2.75, 3.05) is 45.2 Å². The number of nitrogens with one attached hydrogen (secondary N) is 2. The molecule has 3 rings (SSSR count). The normalized spacial score (nSPS) is 13.9. The maximum Gasteiger partial charge on any atom is 0.253 e. The van der Waals surface area contributed by atoms with Gasteiger partial charge in [0.05, 0.1) is 12.8 Å². The minimum atomic E-state index is 0.0205. The topological polar surface area (TPSA) is 109 Å². The Morgan fingerprint density at radius 2 is 1.97 bits per heavy atom. The number of nitrogens with two attached hydrogens (primary N) is 2. The average molecular weight is 507 g/mol. The number of ether oxygens (including phenoxy) is 1. The molecule has 0 unspecified atom stereocenters. The number of halogens is 2. The quantitative estimate of drug-likeness (QED) is 0.273. The molecule has 1 aliphatic heterocycles. The van der Waals surface area contributed by atoms with E-state index >= 15 is 0 Å². The van der Waals surface area contributed by atoms with Crippen molar-refractivity contribution in [3.8, 4) is 5.75 Å². The molecule has 0 aliphatic carbocycles. The Kier molecular flexibility index (Phi) is 9.86. The molecule has 6 N–H and O–H groups in total. The summed E-state index contributed by atoms with van der Waals surface area (Å²) in [4.78, 5) is 16.7. The van der Waals surface area contributed by atoms with Gasteiger partial charge in [0.25, 0.3) is 5.91 Å². The summed E-state index contributed by atoms with van der Waals surface area (Å²) in [6, 6.07) is 10.8. The monoisotopic (exact) mass is 506 g/mol. The molecule has 0 radical (unpaired) electrons. The van der Waals surface area contributed by atoms with Gasteiger partial charge in [0.2, 0.25) is 0 Å². The molecule has 1 heterocycles. The number of methoxy groups -OCH3 is 1. The van der Waals surface area contributed by atoms with Crippen LogP contribution in [-0.2, 0) is 6.54 Å². The molecule has 0 spiro atoms. The molecule has 184 valence electrons. The third-order valence-corrected chi connectivity index (χ3v) is 6.27. The van der Waals surface area contributed by atoms with Gasteiger partial charge in [-0.2, -0.15) is 0 Å². The van der Waals surface area contributed by atoms with Crippen LogP contribution in [0.5, 0.6) is 5.75 Å². The molecule has 1 aliphatic rings. The predicted molar refractivity (Wildman–Crippen MR) is 138 cm³/mol. The molecule has 0 atom stereocenters. The number of anilines is 1. The van der Waals surface area contributed by atoms with Crippen LogP contribution in [-0.4, -0.2) is 55.5 Å². The van der Waals surface area contributed by atoms with Crippen molar-refractivity contribution in [2.45, 2.75) is 19.4 Å². The van der Waals surface area contributed by atoms with Gasteiger partial charge < -0.3 is 26.1 Å². The average Bonchev–Trinajstić information content (AvgIpc) is 3.38. The predicted octanol–water partition coefficient (Wildman–Crippen LogP) is 3.42. The number of carbonyl (C=O) groups excluding carboxylic acids is 1. The van der Waals surface area contributed by atoms with Crippen LogP contribution in [0, 0.1) is 0 Å². The highest BCUT2D eigenvalue weighted by Crippen LogP contribution is 2.28. The maximum atomic E-state index is 12.7. The summed E-state index contributed by atoms with van der Waals surface area (Å²) in [5.41, 5.74) is 10.7. The van der Waals surface area contributed by atoms with Crippen molar-refractivity contribution >= 4 is 34.8 Å². The van der Waals surface area contributed by atoms with E-state index in [0.29, 0.717) is 59.0 Å². The van der Waals surface area contributed by atoms with Crippen LogP contribution in [0.1, 0.15) is 28.8 Å². The SMILES string of the molecule is COc1cc(C(=O)N2CCCC2)ccc1N/C(=C/CN(CCN)Cc1cc(Cl)ccc1Cl)NN. The zero-order valence-corrected chi connectivity index (χ0v) is 20.8. The number of benzene rings is 2. The second-order valence-electron chi connectivity index (χ2n) is 8.06. The van der Waals surface area contributed by atoms with Crippen molar-refractivity contribution in [2.24, 2.45) is 11.6 Å². The number of carbonyl (C=O) groups is 1. The summed E-state index contributed by atoms with van der Waals surface area (Å²) in [5, 5.41) is 4.52. The molecule has 1 saturated heterocycles. The van der Waals surface area contributed by atoms with Crippen molar-refractivity contribution < 1.29 is 9.53 Å². The van der Waals surface area contributed by atoms with E-state index in [1.54, 1.807) is 31.4 Å². The Bertz CT molecular complexity index is 1010. The third-order valence-electron chi connectivity index (χ3n) is 5.67. The van der Waals surface area contributed by atoms with Gasteiger partial charge in [-0.05, 0) is 60.9 Å². The summed E-state index contributed by atoms with van der Waals surface area (Å²) in [7, 11) is 1.57. The van der Waals surface area contributed by atoms with E-state index in [1.165, 1.54) is 0 Å². The van der Waals surface area contributed by atoms with Crippen molar-refractivity contribution in [3.05, 3.63) is 69.5 Å². The van der Waals surface area contributed by atoms with Crippen LogP contribution in [0.2, 0.25) is 10.0 Å². The Labute approximate surface area is 210 Å². The first-order valence-electron chi connectivity index (χ1n) is 11.2. The Morgan fingerprint density at radius 1 is 1.21 bits per heavy atom. The highest BCUT2D eigenvalue weighted by atomic mass is 35.5. The number of hydrogen-bond acceptors (Lipinski definition) is 7. The number of rotatable bonds is 11. The first kappa shape index (κ1) is 26.1. The summed E-state index contributed by atoms with van der Waals surface area (Å²) in [5.74, 6) is 6.92. The lowest BCUT2D eigenvalue weighted by Crippen LogP contribution is -2.32. The molecule has 2 aromatic rings. The van der Waals surface area contributed by atoms with Gasteiger partial charge in [-0.3, -0.25) is 9.69 Å². The summed E-state index contributed by atoms with van der Waals surface area (Å²) in [6.45, 7) is 3.89. The third kappa shape index (κ3) is 7.01. The smallest absolute Gasteiger partial charge is 0.253 e. The standard InChI is InChI=1S/C24H32Cl2N6O2/c1-34-22-15-17(24(33)32-10-2-3-11-32)4-7-21(22)29-23(30-28)8-12-31(13-9-27)16-18-14-19(25)5-6-20(18)26/h4-8,14-15,29-30H,2-3,9-13,16,27-28H2,1H3/b23-8-. The maximum absolute atomic E-state index is 12.7. The fourth-order valence-corrected chi connectivity index (χ4v) is 4.24. The van der Waals surface area contributed by atoms with Gasteiger partial charge in [0, 0.05) is 54.9 Å². The van der Waals surface area contributed by atoms with Crippen LogP contribution in [0.25, 0.3) is 0 Å². The molecule has 1 fully saturated rings. The molecule has 2 aromatic carbocycles. The van der Waals surface area contributed by atoms with Crippen molar-refractivity contribution in [1.82, 2.24) is 15.2 Å². The molecular formula is C24H32Cl2N6O2. The van der Waals surface area contributed by atoms with Gasteiger partial charge in [0.15, 0.2) is 0 Å². The van der Waals surface area contributed by atoms with Gasteiger partial charge in [-0.25, -0.2) is 5.84 Å². The van der Waals surface area contributed by atoms with E-state index in [2.05, 4.69) is 15.6 Å². The number of amides is 1. The lowest BCUT2D eigenvalue weighted by Gasteiger charge is -2.22. The second-order valence-corrected chi connectivity index (χ2v) is 8.90. The van der Waals surface area contributed by atoms with Gasteiger partial charge >= 0.3 is 0 Å². The van der Waals surface area contributed by atoms with Crippen LogP contribution in [0.3, 0.4) is 0 Å². The first-order chi connectivity index (χ1) is 16.4. The Morgan fingerprint density at radius 3 is 2.65 bits per heavy atom. The summed E-state index contributed by atoms with van der Waals surface area (Å²) < 4.78 is 5.53. The lowest BCUT2D eigenvalue weighted by atomic mass is 10.1. The van der Waals surface area contributed by atoms with Crippen LogP contribution >= 0.6 is 23.2 Å². The number of nitrogens with zero attached hydrogens (tertiary/aromatic N) is 2. The molecule has 0 aromatic heterocycles. The van der Waals surface area contributed by atoms with E-state index in [4.69, 9.17) is 39.5 Å². The molecule has 34 heavy (non-hydrogen) atoms. The van der Waals surface area contributed by atoms with Crippen molar-refractivity contribution in [1.29, 1.82) is 0 Å².